The van der Waals surface area contributed by atoms with Gasteiger partial charge < -0.3 is 5.73 Å². The Morgan fingerprint density at radius 1 is 1.61 bits per heavy atom. The molecule has 0 aliphatic carbocycles. The van der Waals surface area contributed by atoms with Crippen molar-refractivity contribution in [3.8, 4) is 11.8 Å². The van der Waals surface area contributed by atoms with E-state index in [4.69, 9.17) is 11.3 Å². The van der Waals surface area contributed by atoms with E-state index in [0.29, 0.717) is 17.5 Å². The first-order chi connectivity index (χ1) is 8.56. The van der Waals surface area contributed by atoms with Crippen LogP contribution in [0, 0.1) is 28.9 Å². The second-order valence-corrected chi connectivity index (χ2v) is 3.49. The maximum absolute atomic E-state index is 10.8. The van der Waals surface area contributed by atoms with Gasteiger partial charge in [-0.25, -0.2) is 0 Å². The summed E-state index contributed by atoms with van der Waals surface area (Å²) in [5.41, 5.74) is 14.8. The van der Waals surface area contributed by atoms with Gasteiger partial charge in [0.1, 0.15) is 5.69 Å². The Hall–Kier alpha value is -2.71. The molecule has 92 valence electrons. The monoisotopic (exact) mass is 245 g/mol. The fourth-order valence-electron chi connectivity index (χ4n) is 1.32. The summed E-state index contributed by atoms with van der Waals surface area (Å²) in [6.07, 6.45) is 0.404. The predicted molar refractivity (Wildman–Crippen MR) is 67.8 cm³/mol. The molecule has 7 nitrogen and oxygen atoms in total. The highest BCUT2D eigenvalue weighted by atomic mass is 16.6. The van der Waals surface area contributed by atoms with Crippen LogP contribution >= 0.6 is 0 Å². The summed E-state index contributed by atoms with van der Waals surface area (Å²) in [4.78, 5) is 12.8. The van der Waals surface area contributed by atoms with Crippen LogP contribution in [0.25, 0.3) is 10.4 Å². The predicted octanol–water partition coefficient (Wildman–Crippen LogP) is 2.54. The Morgan fingerprint density at radius 2 is 2.33 bits per heavy atom. The molecule has 0 unspecified atom stereocenters. The highest BCUT2D eigenvalue weighted by Gasteiger charge is 2.14. The van der Waals surface area contributed by atoms with E-state index in [9.17, 15) is 10.1 Å². The zero-order chi connectivity index (χ0) is 13.5. The molecule has 0 heterocycles. The molecule has 0 aromatic heterocycles. The SMILES string of the molecule is Cc1cc(C#CCCN=[N+]=[N-])cc([N+](=O)[O-])c1N. The maximum atomic E-state index is 10.8. The van der Waals surface area contributed by atoms with Gasteiger partial charge in [-0.3, -0.25) is 10.1 Å². The van der Waals surface area contributed by atoms with Gasteiger partial charge in [-0.2, -0.15) is 0 Å². The summed E-state index contributed by atoms with van der Waals surface area (Å²) >= 11 is 0. The van der Waals surface area contributed by atoms with E-state index < -0.39 is 4.92 Å². The molecular weight excluding hydrogens is 234 g/mol. The fraction of sp³-hybridized carbons (Fsp3) is 0.273. The van der Waals surface area contributed by atoms with Crippen molar-refractivity contribution in [3.63, 3.8) is 0 Å². The van der Waals surface area contributed by atoms with Gasteiger partial charge in [-0.05, 0) is 24.1 Å². The number of anilines is 1. The normalized spacial score (nSPS) is 8.94. The van der Waals surface area contributed by atoms with Crippen LogP contribution in [0.2, 0.25) is 0 Å². The number of nitrogens with zero attached hydrogens (tertiary/aromatic N) is 4. The Morgan fingerprint density at radius 3 is 2.94 bits per heavy atom. The van der Waals surface area contributed by atoms with Crippen molar-refractivity contribution in [1.82, 2.24) is 0 Å². The lowest BCUT2D eigenvalue weighted by molar-refractivity contribution is -0.383. The summed E-state index contributed by atoms with van der Waals surface area (Å²) in [6, 6.07) is 3.02. The molecule has 0 radical (unpaired) electrons. The number of nitrogens with two attached hydrogens (primary N) is 1. The minimum Gasteiger partial charge on any atom is -0.393 e. The third-order valence-electron chi connectivity index (χ3n) is 2.19. The molecule has 1 aromatic carbocycles. The number of nitro benzene ring substituents is 1. The number of azide groups is 1. The molecule has 2 N–H and O–H groups in total. The molecule has 1 aromatic rings. The van der Waals surface area contributed by atoms with E-state index in [1.165, 1.54) is 6.07 Å². The van der Waals surface area contributed by atoms with Crippen molar-refractivity contribution in [2.45, 2.75) is 13.3 Å². The van der Waals surface area contributed by atoms with E-state index in [2.05, 4.69) is 21.9 Å². The molecule has 0 saturated carbocycles. The average molecular weight is 245 g/mol. The van der Waals surface area contributed by atoms with Gasteiger partial charge in [0.05, 0.1) is 4.92 Å². The summed E-state index contributed by atoms with van der Waals surface area (Å²) in [5.74, 6) is 5.54. The van der Waals surface area contributed by atoms with Gasteiger partial charge in [-0.1, -0.05) is 17.0 Å². The molecule has 7 heteroatoms. The van der Waals surface area contributed by atoms with Crippen LogP contribution in [-0.2, 0) is 0 Å². The van der Waals surface area contributed by atoms with Crippen molar-refractivity contribution in [3.05, 3.63) is 43.8 Å². The van der Waals surface area contributed by atoms with Gasteiger partial charge in [0.25, 0.3) is 5.69 Å². The first-order valence-corrected chi connectivity index (χ1v) is 5.10. The van der Waals surface area contributed by atoms with E-state index in [1.807, 2.05) is 0 Å². The van der Waals surface area contributed by atoms with Crippen molar-refractivity contribution >= 4 is 11.4 Å². The smallest absolute Gasteiger partial charge is 0.293 e. The number of rotatable bonds is 3. The van der Waals surface area contributed by atoms with Gasteiger partial charge in [0, 0.05) is 29.5 Å². The largest absolute Gasteiger partial charge is 0.393 e. The molecule has 18 heavy (non-hydrogen) atoms. The van der Waals surface area contributed by atoms with Crippen LogP contribution in [0.5, 0.6) is 0 Å². The van der Waals surface area contributed by atoms with E-state index >= 15 is 0 Å². The number of benzene rings is 1. The second-order valence-electron chi connectivity index (χ2n) is 3.49. The first-order valence-electron chi connectivity index (χ1n) is 5.10. The lowest BCUT2D eigenvalue weighted by Crippen LogP contribution is -1.98. The van der Waals surface area contributed by atoms with Crippen LogP contribution in [0.3, 0.4) is 0 Å². The van der Waals surface area contributed by atoms with Crippen LogP contribution in [0.1, 0.15) is 17.5 Å². The Balaban J connectivity index is 2.97. The molecule has 0 amide bonds. The number of aryl methyl sites for hydroxylation is 1. The molecule has 0 bridgehead atoms. The topological polar surface area (TPSA) is 118 Å². The minimum absolute atomic E-state index is 0.144. The number of hydrogen-bond acceptors (Lipinski definition) is 4. The van der Waals surface area contributed by atoms with Crippen LogP contribution in [0.15, 0.2) is 17.2 Å². The maximum Gasteiger partial charge on any atom is 0.293 e. The van der Waals surface area contributed by atoms with Gasteiger partial charge >= 0.3 is 0 Å². The van der Waals surface area contributed by atoms with Crippen molar-refractivity contribution in [2.75, 3.05) is 12.3 Å². The van der Waals surface area contributed by atoms with Crippen molar-refractivity contribution < 1.29 is 4.92 Å². The quantitative estimate of drug-likeness (QED) is 0.129. The summed E-state index contributed by atoms with van der Waals surface area (Å²) in [6.45, 7) is 1.97. The summed E-state index contributed by atoms with van der Waals surface area (Å²) in [5, 5.41) is 14.1. The molecule has 0 atom stereocenters. The highest BCUT2D eigenvalue weighted by molar-refractivity contribution is 5.66. The molecule has 0 saturated heterocycles. The lowest BCUT2D eigenvalue weighted by Gasteiger charge is -2.01. The first kappa shape index (κ1) is 13.4. The van der Waals surface area contributed by atoms with E-state index in [-0.39, 0.29) is 17.9 Å². The lowest BCUT2D eigenvalue weighted by atomic mass is 10.1. The van der Waals surface area contributed by atoms with E-state index in [1.54, 1.807) is 13.0 Å². The number of hydrogen-bond donors (Lipinski definition) is 1. The van der Waals surface area contributed by atoms with Crippen LogP contribution < -0.4 is 5.73 Å². The summed E-state index contributed by atoms with van der Waals surface area (Å²) < 4.78 is 0. The van der Waals surface area contributed by atoms with Crippen molar-refractivity contribution in [2.24, 2.45) is 5.11 Å². The zero-order valence-electron chi connectivity index (χ0n) is 9.75. The molecule has 1 rings (SSSR count). The second kappa shape index (κ2) is 6.13. The van der Waals surface area contributed by atoms with Crippen LogP contribution in [-0.4, -0.2) is 11.5 Å². The number of nitrogen functional groups attached to an aromatic ring is 1. The highest BCUT2D eigenvalue weighted by Crippen LogP contribution is 2.26. The van der Waals surface area contributed by atoms with E-state index in [0.717, 1.165) is 0 Å². The third kappa shape index (κ3) is 3.40. The van der Waals surface area contributed by atoms with Crippen molar-refractivity contribution in [1.29, 1.82) is 0 Å². The standard InChI is InChI=1S/C11H11N5O2/c1-8-6-9(4-2-3-5-14-15-13)7-10(11(8)12)16(17)18/h6-7H,3,5,12H2,1H3. The Kier molecular flexibility index (Phi) is 4.55. The number of nitro groups is 1. The molecule has 0 fully saturated rings. The molecular formula is C11H11N5O2. The average Bonchev–Trinajstić information content (AvgIpc) is 2.32. The Labute approximate surface area is 103 Å². The van der Waals surface area contributed by atoms with Gasteiger partial charge in [0.15, 0.2) is 0 Å². The Bertz CT molecular complexity index is 579. The van der Waals surface area contributed by atoms with Gasteiger partial charge in [0.2, 0.25) is 0 Å². The van der Waals surface area contributed by atoms with Crippen LogP contribution in [0.4, 0.5) is 11.4 Å². The minimum atomic E-state index is -0.534. The molecule has 0 aliphatic heterocycles. The molecule has 0 spiro atoms. The summed E-state index contributed by atoms with van der Waals surface area (Å²) in [7, 11) is 0. The molecule has 0 aliphatic rings. The zero-order valence-corrected chi connectivity index (χ0v) is 9.75. The van der Waals surface area contributed by atoms with Gasteiger partial charge in [-0.15, -0.1) is 0 Å². The third-order valence-corrected chi connectivity index (χ3v) is 2.19. The fourth-order valence-corrected chi connectivity index (χ4v) is 1.32.